The zero-order chi connectivity index (χ0) is 8.78. The van der Waals surface area contributed by atoms with Crippen molar-refractivity contribution < 1.29 is 0 Å². The van der Waals surface area contributed by atoms with E-state index in [1.54, 1.807) is 0 Å². The van der Waals surface area contributed by atoms with Crippen molar-refractivity contribution >= 4 is 0 Å². The predicted molar refractivity (Wildman–Crippen MR) is 49.4 cm³/mol. The van der Waals surface area contributed by atoms with Gasteiger partial charge in [0, 0.05) is 6.54 Å². The van der Waals surface area contributed by atoms with E-state index in [0.29, 0.717) is 5.41 Å². The van der Waals surface area contributed by atoms with Gasteiger partial charge in [0.2, 0.25) is 0 Å². The molecule has 10 heavy (non-hydrogen) atoms. The highest BCUT2D eigenvalue weighted by Crippen LogP contribution is 2.12. The first kappa shape index (κ1) is 12.6. The largest absolute Gasteiger partial charge is 0.309 e. The summed E-state index contributed by atoms with van der Waals surface area (Å²) in [4.78, 5) is 2.21. The summed E-state index contributed by atoms with van der Waals surface area (Å²) < 4.78 is 0. The van der Waals surface area contributed by atoms with E-state index < -0.39 is 0 Å². The number of nitrogens with zero attached hydrogens (tertiary/aromatic N) is 1. The minimum atomic E-state index is 0.448. The second-order valence-electron chi connectivity index (χ2n) is 3.80. The highest BCUT2D eigenvalue weighted by Gasteiger charge is 2.09. The van der Waals surface area contributed by atoms with Gasteiger partial charge in [-0.05, 0) is 19.5 Å². The van der Waals surface area contributed by atoms with Crippen molar-refractivity contribution in [2.24, 2.45) is 5.41 Å². The standard InChI is InChI=1S/C7H17N.C2H6/c1-7(2,3)6-8(4)5;1-2/h6H2,1-5H3;1-2H3. The lowest BCUT2D eigenvalue weighted by Gasteiger charge is -2.22. The third-order valence-corrected chi connectivity index (χ3v) is 0.791. The minimum absolute atomic E-state index is 0.448. The first-order valence-corrected chi connectivity index (χ1v) is 4.06. The van der Waals surface area contributed by atoms with Crippen LogP contribution in [0.5, 0.6) is 0 Å². The maximum atomic E-state index is 2.24. The van der Waals surface area contributed by atoms with Crippen LogP contribution in [0, 0.1) is 5.41 Å². The summed E-state index contributed by atoms with van der Waals surface area (Å²) in [7, 11) is 4.20. The van der Waals surface area contributed by atoms with E-state index in [1.165, 1.54) is 0 Å². The molecular formula is C9H23N. The average Bonchev–Trinajstić information content (AvgIpc) is 1.64. The first-order valence-electron chi connectivity index (χ1n) is 4.06. The quantitative estimate of drug-likeness (QED) is 0.548. The predicted octanol–water partition coefficient (Wildman–Crippen LogP) is 2.62. The van der Waals surface area contributed by atoms with Gasteiger partial charge in [0.1, 0.15) is 0 Å². The van der Waals surface area contributed by atoms with Gasteiger partial charge < -0.3 is 4.90 Å². The Morgan fingerprint density at radius 3 is 1.30 bits per heavy atom. The first-order chi connectivity index (χ1) is 4.42. The van der Waals surface area contributed by atoms with E-state index >= 15 is 0 Å². The molecule has 0 aromatic carbocycles. The molecule has 0 N–H and O–H groups in total. The van der Waals surface area contributed by atoms with E-state index in [4.69, 9.17) is 0 Å². The summed E-state index contributed by atoms with van der Waals surface area (Å²) in [5.74, 6) is 0. The molecule has 1 nitrogen and oxygen atoms in total. The maximum absolute atomic E-state index is 2.24. The molecule has 0 aromatic heterocycles. The Morgan fingerprint density at radius 1 is 1.00 bits per heavy atom. The van der Waals surface area contributed by atoms with Crippen molar-refractivity contribution in [2.75, 3.05) is 20.6 Å². The number of hydrogen-bond acceptors (Lipinski definition) is 1. The molecule has 0 unspecified atom stereocenters. The van der Waals surface area contributed by atoms with Crippen LogP contribution in [0.2, 0.25) is 0 Å². The maximum Gasteiger partial charge on any atom is 0.00239 e. The fraction of sp³-hybridized carbons (Fsp3) is 1.00. The lowest BCUT2D eigenvalue weighted by Crippen LogP contribution is -2.25. The molecule has 0 aliphatic rings. The summed E-state index contributed by atoms with van der Waals surface area (Å²) in [6, 6.07) is 0. The summed E-state index contributed by atoms with van der Waals surface area (Å²) >= 11 is 0. The molecule has 0 aromatic rings. The molecule has 1 heteroatoms. The molecule has 64 valence electrons. The van der Waals surface area contributed by atoms with Gasteiger partial charge in [0.15, 0.2) is 0 Å². The van der Waals surface area contributed by atoms with Crippen molar-refractivity contribution in [1.82, 2.24) is 4.90 Å². The Bertz CT molecular complexity index is 59.6. The molecule has 0 aliphatic carbocycles. The normalized spacial score (nSPS) is 10.8. The van der Waals surface area contributed by atoms with Crippen molar-refractivity contribution in [1.29, 1.82) is 0 Å². The molecule has 0 amide bonds. The van der Waals surface area contributed by atoms with Gasteiger partial charge in [-0.2, -0.15) is 0 Å². The minimum Gasteiger partial charge on any atom is -0.309 e. The second kappa shape index (κ2) is 5.72. The Hall–Kier alpha value is -0.0400. The van der Waals surface area contributed by atoms with Gasteiger partial charge in [-0.25, -0.2) is 0 Å². The van der Waals surface area contributed by atoms with Crippen LogP contribution in [0.25, 0.3) is 0 Å². The highest BCUT2D eigenvalue weighted by molar-refractivity contribution is 4.63. The van der Waals surface area contributed by atoms with E-state index in [2.05, 4.69) is 39.8 Å². The molecule has 0 spiro atoms. The van der Waals surface area contributed by atoms with Crippen LogP contribution in [0.4, 0.5) is 0 Å². The summed E-state index contributed by atoms with van der Waals surface area (Å²) in [6.45, 7) is 11.9. The molecule has 0 atom stereocenters. The van der Waals surface area contributed by atoms with E-state index in [0.717, 1.165) is 6.54 Å². The van der Waals surface area contributed by atoms with Gasteiger partial charge in [0.25, 0.3) is 0 Å². The van der Waals surface area contributed by atoms with Gasteiger partial charge in [-0.15, -0.1) is 0 Å². The summed E-state index contributed by atoms with van der Waals surface area (Å²) in [6.07, 6.45) is 0. The highest BCUT2D eigenvalue weighted by atomic mass is 15.1. The fourth-order valence-corrected chi connectivity index (χ4v) is 0.949. The molecule has 0 bridgehead atoms. The fourth-order valence-electron chi connectivity index (χ4n) is 0.949. The van der Waals surface area contributed by atoms with Crippen LogP contribution in [0.1, 0.15) is 34.6 Å². The molecule has 0 rings (SSSR count). The van der Waals surface area contributed by atoms with Gasteiger partial charge >= 0.3 is 0 Å². The molecule has 0 radical (unpaired) electrons. The topological polar surface area (TPSA) is 3.24 Å². The number of hydrogen-bond donors (Lipinski definition) is 0. The van der Waals surface area contributed by atoms with Crippen LogP contribution in [-0.4, -0.2) is 25.5 Å². The summed E-state index contributed by atoms with van der Waals surface area (Å²) in [5.41, 5.74) is 0.448. The SMILES string of the molecule is CC.CN(C)CC(C)(C)C. The number of rotatable bonds is 1. The molecule has 0 saturated heterocycles. The molecule has 0 fully saturated rings. The monoisotopic (exact) mass is 145 g/mol. The van der Waals surface area contributed by atoms with Crippen molar-refractivity contribution in [2.45, 2.75) is 34.6 Å². The Morgan fingerprint density at radius 2 is 1.30 bits per heavy atom. The van der Waals surface area contributed by atoms with Crippen LogP contribution < -0.4 is 0 Å². The van der Waals surface area contributed by atoms with Gasteiger partial charge in [-0.3, -0.25) is 0 Å². The zero-order valence-corrected chi connectivity index (χ0v) is 8.65. The van der Waals surface area contributed by atoms with Crippen LogP contribution in [0.15, 0.2) is 0 Å². The van der Waals surface area contributed by atoms with Gasteiger partial charge in [-0.1, -0.05) is 34.6 Å². The molecule has 0 aliphatic heterocycles. The van der Waals surface area contributed by atoms with Crippen molar-refractivity contribution in [3.8, 4) is 0 Å². The van der Waals surface area contributed by atoms with Crippen LogP contribution >= 0.6 is 0 Å². The summed E-state index contributed by atoms with van der Waals surface area (Å²) in [5, 5.41) is 0. The average molecular weight is 145 g/mol. The lowest BCUT2D eigenvalue weighted by atomic mass is 9.97. The lowest BCUT2D eigenvalue weighted by molar-refractivity contribution is 0.263. The molecular weight excluding hydrogens is 122 g/mol. The van der Waals surface area contributed by atoms with Crippen molar-refractivity contribution in [3.05, 3.63) is 0 Å². The Labute approximate surface area is 66.4 Å². The third-order valence-electron chi connectivity index (χ3n) is 0.791. The second-order valence-corrected chi connectivity index (χ2v) is 3.80. The van der Waals surface area contributed by atoms with Crippen molar-refractivity contribution in [3.63, 3.8) is 0 Å². The Balaban J connectivity index is 0. The van der Waals surface area contributed by atoms with Crippen LogP contribution in [0.3, 0.4) is 0 Å². The Kier molecular flexibility index (Phi) is 7.22. The van der Waals surface area contributed by atoms with Gasteiger partial charge in [0.05, 0.1) is 0 Å². The van der Waals surface area contributed by atoms with E-state index in [-0.39, 0.29) is 0 Å². The zero-order valence-electron chi connectivity index (χ0n) is 8.65. The molecule has 0 heterocycles. The van der Waals surface area contributed by atoms with E-state index in [1.807, 2.05) is 13.8 Å². The smallest absolute Gasteiger partial charge is 0.00239 e. The third kappa shape index (κ3) is 15.7. The van der Waals surface area contributed by atoms with Crippen LogP contribution in [-0.2, 0) is 0 Å². The molecule has 0 saturated carbocycles. The van der Waals surface area contributed by atoms with E-state index in [9.17, 15) is 0 Å².